The van der Waals surface area contributed by atoms with Crippen LogP contribution in [0.2, 0.25) is 5.02 Å². The summed E-state index contributed by atoms with van der Waals surface area (Å²) in [5.74, 6) is -4.53. The van der Waals surface area contributed by atoms with Crippen molar-refractivity contribution in [1.29, 1.82) is 10.5 Å². The van der Waals surface area contributed by atoms with Gasteiger partial charge in [0.05, 0.1) is 0 Å². The van der Waals surface area contributed by atoms with Crippen LogP contribution in [-0.2, 0) is 0 Å². The van der Waals surface area contributed by atoms with Crippen molar-refractivity contribution < 1.29 is 13.2 Å². The molecule has 2 nitrogen and oxygen atoms in total. The molecular weight excluding hydrogens is 217 g/mol. The summed E-state index contributed by atoms with van der Waals surface area (Å²) in [4.78, 5) is 0. The van der Waals surface area contributed by atoms with Gasteiger partial charge in [-0.15, -0.1) is 0 Å². The first-order chi connectivity index (χ1) is 6.54. The molecule has 0 saturated carbocycles. The number of nitriles is 2. The van der Waals surface area contributed by atoms with Crippen LogP contribution in [0, 0.1) is 40.1 Å². The van der Waals surface area contributed by atoms with Gasteiger partial charge in [-0.05, 0) is 0 Å². The van der Waals surface area contributed by atoms with Crippen LogP contribution in [0.25, 0.3) is 0 Å². The van der Waals surface area contributed by atoms with Crippen molar-refractivity contribution in [2.45, 2.75) is 0 Å². The first-order valence-electron chi connectivity index (χ1n) is 3.20. The van der Waals surface area contributed by atoms with Gasteiger partial charge in [-0.3, -0.25) is 0 Å². The maximum absolute atomic E-state index is 13.0. The number of hydrogen-bond donors (Lipinski definition) is 0. The van der Waals surface area contributed by atoms with E-state index in [0.29, 0.717) is 0 Å². The van der Waals surface area contributed by atoms with Crippen molar-refractivity contribution in [2.75, 3.05) is 0 Å². The normalized spacial score (nSPS) is 9.29. The lowest BCUT2D eigenvalue weighted by molar-refractivity contribution is 0.535. The molecule has 0 unspecified atom stereocenters. The minimum Gasteiger partial charge on any atom is -0.204 e. The maximum Gasteiger partial charge on any atom is 0.165 e. The quantitative estimate of drug-likeness (QED) is 0.494. The van der Waals surface area contributed by atoms with Crippen molar-refractivity contribution in [1.82, 2.24) is 0 Å². The minimum absolute atomic E-state index is 1.06. The summed E-state index contributed by atoms with van der Waals surface area (Å²) in [6.45, 7) is 0. The molecule has 1 rings (SSSR count). The average Bonchev–Trinajstić information content (AvgIpc) is 2.16. The van der Waals surface area contributed by atoms with Gasteiger partial charge >= 0.3 is 0 Å². The van der Waals surface area contributed by atoms with Crippen LogP contribution < -0.4 is 0 Å². The monoisotopic (exact) mass is 216 g/mol. The Balaban J connectivity index is 3.78. The molecule has 1 aromatic carbocycles. The zero-order valence-electron chi connectivity index (χ0n) is 6.41. The predicted molar refractivity (Wildman–Crippen MR) is 40.8 cm³/mol. The molecule has 0 fully saturated rings. The lowest BCUT2D eigenvalue weighted by Gasteiger charge is -2.02. The molecule has 0 bridgehead atoms. The second-order valence-corrected chi connectivity index (χ2v) is 2.61. The molecule has 0 saturated heterocycles. The van der Waals surface area contributed by atoms with E-state index in [0.717, 1.165) is 12.1 Å². The Hall–Kier alpha value is -1.72. The van der Waals surface area contributed by atoms with Crippen molar-refractivity contribution in [3.63, 3.8) is 0 Å². The van der Waals surface area contributed by atoms with Crippen molar-refractivity contribution in [3.8, 4) is 12.1 Å². The van der Waals surface area contributed by atoms with Crippen LogP contribution in [0.1, 0.15) is 11.1 Å². The Kier molecular flexibility index (Phi) is 2.64. The highest BCUT2D eigenvalue weighted by Gasteiger charge is 2.23. The Morgan fingerprint density at radius 3 is 1.50 bits per heavy atom. The van der Waals surface area contributed by atoms with Gasteiger partial charge in [0.25, 0.3) is 0 Å². The molecular formula is C8ClF3N2. The van der Waals surface area contributed by atoms with Crippen molar-refractivity contribution in [3.05, 3.63) is 33.6 Å². The fourth-order valence-electron chi connectivity index (χ4n) is 0.830. The molecule has 0 N–H and O–H groups in total. The SMILES string of the molecule is N#Cc1c(F)c(Cl)c(F)c(C#N)c1F. The fourth-order valence-corrected chi connectivity index (χ4v) is 1.02. The zero-order valence-corrected chi connectivity index (χ0v) is 7.16. The molecule has 0 radical (unpaired) electrons. The molecule has 0 amide bonds. The van der Waals surface area contributed by atoms with E-state index in [2.05, 4.69) is 0 Å². The van der Waals surface area contributed by atoms with E-state index < -0.39 is 33.6 Å². The summed E-state index contributed by atoms with van der Waals surface area (Å²) in [5.41, 5.74) is -2.12. The van der Waals surface area contributed by atoms with E-state index in [1.54, 1.807) is 0 Å². The maximum atomic E-state index is 13.0. The van der Waals surface area contributed by atoms with Crippen LogP contribution in [-0.4, -0.2) is 0 Å². The van der Waals surface area contributed by atoms with Crippen molar-refractivity contribution in [2.24, 2.45) is 0 Å². The lowest BCUT2D eigenvalue weighted by Crippen LogP contribution is -2.00. The minimum atomic E-state index is -1.53. The van der Waals surface area contributed by atoms with E-state index >= 15 is 0 Å². The van der Waals surface area contributed by atoms with Gasteiger partial charge < -0.3 is 0 Å². The lowest BCUT2D eigenvalue weighted by atomic mass is 10.1. The molecule has 1 aromatic rings. The van der Waals surface area contributed by atoms with Crippen LogP contribution in [0.3, 0.4) is 0 Å². The predicted octanol–water partition coefficient (Wildman–Crippen LogP) is 2.50. The second kappa shape index (κ2) is 3.57. The highest BCUT2D eigenvalue weighted by atomic mass is 35.5. The molecule has 70 valence electrons. The molecule has 0 aliphatic heterocycles. The standard InChI is InChI=1S/C8ClF3N2/c9-5-7(11)3(1-13)6(10)4(2-14)8(5)12. The van der Waals surface area contributed by atoms with Gasteiger partial charge in [-0.25, -0.2) is 13.2 Å². The number of rotatable bonds is 0. The highest BCUT2D eigenvalue weighted by Crippen LogP contribution is 2.27. The van der Waals surface area contributed by atoms with Crippen molar-refractivity contribution >= 4 is 11.6 Å². The van der Waals surface area contributed by atoms with E-state index in [1.165, 1.54) is 0 Å². The Labute approximate surface area is 81.7 Å². The summed E-state index contributed by atoms with van der Waals surface area (Å²) in [7, 11) is 0. The van der Waals surface area contributed by atoms with Gasteiger partial charge in [-0.1, -0.05) is 11.6 Å². The van der Waals surface area contributed by atoms with E-state index in [1.807, 2.05) is 0 Å². The topological polar surface area (TPSA) is 47.6 Å². The molecule has 0 aromatic heterocycles. The smallest absolute Gasteiger partial charge is 0.165 e. The Bertz CT molecular complexity index is 444. The van der Waals surface area contributed by atoms with Crippen LogP contribution in [0.5, 0.6) is 0 Å². The summed E-state index contributed by atoms with van der Waals surface area (Å²) in [6.07, 6.45) is 0. The number of nitrogens with zero attached hydrogens (tertiary/aromatic N) is 2. The van der Waals surface area contributed by atoms with E-state index in [-0.39, 0.29) is 0 Å². The molecule has 0 spiro atoms. The number of hydrogen-bond acceptors (Lipinski definition) is 2. The highest BCUT2D eigenvalue weighted by molar-refractivity contribution is 6.31. The third kappa shape index (κ3) is 1.28. The van der Waals surface area contributed by atoms with Gasteiger partial charge in [0, 0.05) is 0 Å². The average molecular weight is 217 g/mol. The van der Waals surface area contributed by atoms with Gasteiger partial charge in [0.1, 0.15) is 28.3 Å². The molecule has 0 atom stereocenters. The molecule has 0 aliphatic rings. The zero-order chi connectivity index (χ0) is 10.9. The summed E-state index contributed by atoms with van der Waals surface area (Å²) in [5, 5.41) is 15.6. The van der Waals surface area contributed by atoms with E-state index in [9.17, 15) is 13.2 Å². The number of halogens is 4. The van der Waals surface area contributed by atoms with Gasteiger partial charge in [0.2, 0.25) is 0 Å². The second-order valence-electron chi connectivity index (χ2n) is 2.23. The first kappa shape index (κ1) is 10.4. The number of benzene rings is 1. The van der Waals surface area contributed by atoms with Crippen LogP contribution in [0.15, 0.2) is 0 Å². The first-order valence-corrected chi connectivity index (χ1v) is 3.58. The van der Waals surface area contributed by atoms with Crippen LogP contribution >= 0.6 is 11.6 Å². The Morgan fingerprint density at radius 1 is 0.857 bits per heavy atom. The fraction of sp³-hybridized carbons (Fsp3) is 0. The summed E-state index contributed by atoms with van der Waals surface area (Å²) < 4.78 is 38.8. The largest absolute Gasteiger partial charge is 0.204 e. The molecule has 14 heavy (non-hydrogen) atoms. The third-order valence-corrected chi connectivity index (χ3v) is 1.82. The summed E-state index contributed by atoms with van der Waals surface area (Å²) >= 11 is 5.10. The third-order valence-electron chi connectivity index (χ3n) is 1.49. The Morgan fingerprint density at radius 2 is 1.21 bits per heavy atom. The molecule has 6 heteroatoms. The molecule has 0 heterocycles. The molecule has 0 aliphatic carbocycles. The van der Waals surface area contributed by atoms with Gasteiger partial charge in [-0.2, -0.15) is 10.5 Å². The van der Waals surface area contributed by atoms with E-state index in [4.69, 9.17) is 22.1 Å². The summed E-state index contributed by atoms with van der Waals surface area (Å²) in [6, 6.07) is 2.31. The van der Waals surface area contributed by atoms with Gasteiger partial charge in [0.15, 0.2) is 17.5 Å². The van der Waals surface area contributed by atoms with Crippen LogP contribution in [0.4, 0.5) is 13.2 Å².